The van der Waals surface area contributed by atoms with Gasteiger partial charge in [-0.25, -0.2) is 9.97 Å². The molecule has 1 saturated carbocycles. The van der Waals surface area contributed by atoms with Crippen LogP contribution >= 0.6 is 0 Å². The van der Waals surface area contributed by atoms with Crippen molar-refractivity contribution < 1.29 is 0 Å². The summed E-state index contributed by atoms with van der Waals surface area (Å²) < 4.78 is 0. The number of aromatic nitrogens is 2. The zero-order valence-corrected chi connectivity index (χ0v) is 13.1. The molecule has 0 amide bonds. The first kappa shape index (κ1) is 15.1. The van der Waals surface area contributed by atoms with Crippen LogP contribution in [0.4, 0.5) is 11.6 Å². The molecule has 0 radical (unpaired) electrons. The van der Waals surface area contributed by atoms with Gasteiger partial charge >= 0.3 is 0 Å². The first-order valence-corrected chi connectivity index (χ1v) is 8.08. The summed E-state index contributed by atoms with van der Waals surface area (Å²) in [5.74, 6) is 2.75. The highest BCUT2D eigenvalue weighted by atomic mass is 15.1. The molecular formula is C16H28N4. The van der Waals surface area contributed by atoms with E-state index in [0.29, 0.717) is 6.04 Å². The minimum absolute atomic E-state index is 0.571. The zero-order valence-electron chi connectivity index (χ0n) is 13.1. The number of nitrogens with zero attached hydrogens (tertiary/aromatic N) is 2. The Morgan fingerprint density at radius 3 is 2.65 bits per heavy atom. The molecule has 4 nitrogen and oxygen atoms in total. The lowest BCUT2D eigenvalue weighted by Crippen LogP contribution is -2.32. The van der Waals surface area contributed by atoms with Crippen molar-refractivity contribution in [3.05, 3.63) is 11.9 Å². The first-order chi connectivity index (χ1) is 9.76. The van der Waals surface area contributed by atoms with Crippen LogP contribution in [0.3, 0.4) is 0 Å². The summed E-state index contributed by atoms with van der Waals surface area (Å²) in [7, 11) is 0. The van der Waals surface area contributed by atoms with Crippen molar-refractivity contribution in [2.45, 2.75) is 65.3 Å². The van der Waals surface area contributed by atoms with Crippen LogP contribution < -0.4 is 10.6 Å². The number of nitrogens with one attached hydrogen (secondary N) is 2. The van der Waals surface area contributed by atoms with Gasteiger partial charge in [0.25, 0.3) is 0 Å². The maximum Gasteiger partial charge on any atom is 0.134 e. The monoisotopic (exact) mass is 276 g/mol. The Labute approximate surface area is 122 Å². The summed E-state index contributed by atoms with van der Waals surface area (Å²) in [6.07, 6.45) is 9.34. The first-order valence-electron chi connectivity index (χ1n) is 8.08. The third-order valence-electron chi connectivity index (χ3n) is 4.38. The fourth-order valence-electron chi connectivity index (χ4n) is 3.08. The van der Waals surface area contributed by atoms with Crippen LogP contribution in [0.15, 0.2) is 6.33 Å². The molecule has 1 aromatic heterocycles. The second-order valence-electron chi connectivity index (χ2n) is 5.83. The molecule has 1 heterocycles. The van der Waals surface area contributed by atoms with Gasteiger partial charge in [-0.05, 0) is 32.1 Å². The quantitative estimate of drug-likeness (QED) is 0.825. The Balaban J connectivity index is 2.08. The lowest BCUT2D eigenvalue weighted by atomic mass is 9.83. The molecule has 4 heteroatoms. The Morgan fingerprint density at radius 1 is 1.15 bits per heavy atom. The molecule has 2 N–H and O–H groups in total. The summed E-state index contributed by atoms with van der Waals surface area (Å²) in [6, 6.07) is 0.571. The molecule has 20 heavy (non-hydrogen) atoms. The number of anilines is 2. The second-order valence-corrected chi connectivity index (χ2v) is 5.83. The number of hydrogen-bond acceptors (Lipinski definition) is 4. The topological polar surface area (TPSA) is 49.8 Å². The Morgan fingerprint density at radius 2 is 1.90 bits per heavy atom. The van der Waals surface area contributed by atoms with Crippen LogP contribution in [0, 0.1) is 12.8 Å². The summed E-state index contributed by atoms with van der Waals surface area (Å²) in [6.45, 7) is 7.52. The molecular weight excluding hydrogens is 248 g/mol. The molecule has 0 aliphatic heterocycles. The van der Waals surface area contributed by atoms with Crippen LogP contribution in [0.25, 0.3) is 0 Å². The van der Waals surface area contributed by atoms with Gasteiger partial charge in [-0.3, -0.25) is 0 Å². The fourth-order valence-corrected chi connectivity index (χ4v) is 3.08. The van der Waals surface area contributed by atoms with E-state index >= 15 is 0 Å². The molecule has 0 aromatic carbocycles. The van der Waals surface area contributed by atoms with Gasteiger partial charge in [-0.1, -0.05) is 33.1 Å². The molecule has 1 fully saturated rings. The van der Waals surface area contributed by atoms with Crippen LogP contribution in [0.1, 0.15) is 57.9 Å². The van der Waals surface area contributed by atoms with Crippen molar-refractivity contribution in [3.63, 3.8) is 0 Å². The molecule has 112 valence electrons. The number of hydrogen-bond donors (Lipinski definition) is 2. The van der Waals surface area contributed by atoms with E-state index in [-0.39, 0.29) is 0 Å². The standard InChI is InChI=1S/C16H28N4/c1-4-10-17-15-12(3)16(19-11-18-15)20-14-9-7-6-8-13(14)5-2/h11,13-14H,4-10H2,1-3H3,(H2,17,18,19,20). The van der Waals surface area contributed by atoms with Gasteiger partial charge in [-0.2, -0.15) is 0 Å². The second kappa shape index (κ2) is 7.46. The van der Waals surface area contributed by atoms with E-state index in [2.05, 4.69) is 41.4 Å². The van der Waals surface area contributed by atoms with Gasteiger partial charge < -0.3 is 10.6 Å². The van der Waals surface area contributed by atoms with Crippen LogP contribution in [-0.4, -0.2) is 22.6 Å². The Hall–Kier alpha value is -1.32. The molecule has 0 spiro atoms. The van der Waals surface area contributed by atoms with Crippen LogP contribution in [-0.2, 0) is 0 Å². The van der Waals surface area contributed by atoms with Crippen molar-refractivity contribution in [2.75, 3.05) is 17.2 Å². The maximum atomic E-state index is 4.45. The highest BCUT2D eigenvalue weighted by molar-refractivity contribution is 5.56. The summed E-state index contributed by atoms with van der Waals surface area (Å²) >= 11 is 0. The molecule has 1 aromatic rings. The molecule has 2 atom stereocenters. The van der Waals surface area contributed by atoms with Gasteiger partial charge in [0, 0.05) is 18.2 Å². The zero-order chi connectivity index (χ0) is 14.4. The van der Waals surface area contributed by atoms with Crippen molar-refractivity contribution in [2.24, 2.45) is 5.92 Å². The van der Waals surface area contributed by atoms with E-state index in [4.69, 9.17) is 0 Å². The van der Waals surface area contributed by atoms with Gasteiger partial charge in [0.1, 0.15) is 18.0 Å². The van der Waals surface area contributed by atoms with E-state index in [1.165, 1.54) is 32.1 Å². The largest absolute Gasteiger partial charge is 0.370 e. The fraction of sp³-hybridized carbons (Fsp3) is 0.750. The van der Waals surface area contributed by atoms with Crippen LogP contribution in [0.5, 0.6) is 0 Å². The normalized spacial score (nSPS) is 22.6. The highest BCUT2D eigenvalue weighted by Gasteiger charge is 2.24. The molecule has 1 aliphatic rings. The lowest BCUT2D eigenvalue weighted by molar-refractivity contribution is 0.316. The summed E-state index contributed by atoms with van der Waals surface area (Å²) in [4.78, 5) is 8.79. The Bertz CT molecular complexity index is 419. The molecule has 0 bridgehead atoms. The molecule has 2 rings (SSSR count). The van der Waals surface area contributed by atoms with E-state index in [1.54, 1.807) is 6.33 Å². The third kappa shape index (κ3) is 3.62. The van der Waals surface area contributed by atoms with E-state index in [0.717, 1.165) is 36.1 Å². The van der Waals surface area contributed by atoms with Crippen molar-refractivity contribution in [3.8, 4) is 0 Å². The van der Waals surface area contributed by atoms with Gasteiger partial charge in [0.05, 0.1) is 0 Å². The lowest BCUT2D eigenvalue weighted by Gasteiger charge is -2.32. The van der Waals surface area contributed by atoms with E-state index in [1.807, 2.05) is 0 Å². The molecule has 2 unspecified atom stereocenters. The maximum absolute atomic E-state index is 4.45. The predicted octanol–water partition coefficient (Wildman–Crippen LogP) is 3.99. The SMILES string of the molecule is CCCNc1ncnc(NC2CCCCC2CC)c1C. The van der Waals surface area contributed by atoms with Crippen molar-refractivity contribution in [1.29, 1.82) is 0 Å². The van der Waals surface area contributed by atoms with E-state index < -0.39 is 0 Å². The highest BCUT2D eigenvalue weighted by Crippen LogP contribution is 2.30. The molecule has 1 aliphatic carbocycles. The summed E-state index contributed by atoms with van der Waals surface area (Å²) in [5, 5.41) is 7.05. The minimum atomic E-state index is 0.571. The average molecular weight is 276 g/mol. The predicted molar refractivity (Wildman–Crippen MR) is 85.2 cm³/mol. The summed E-state index contributed by atoms with van der Waals surface area (Å²) in [5.41, 5.74) is 1.14. The van der Waals surface area contributed by atoms with E-state index in [9.17, 15) is 0 Å². The average Bonchev–Trinajstić information content (AvgIpc) is 2.48. The van der Waals surface area contributed by atoms with Crippen LogP contribution in [0.2, 0.25) is 0 Å². The minimum Gasteiger partial charge on any atom is -0.370 e. The van der Waals surface area contributed by atoms with Crippen molar-refractivity contribution in [1.82, 2.24) is 9.97 Å². The third-order valence-corrected chi connectivity index (χ3v) is 4.38. The van der Waals surface area contributed by atoms with Gasteiger partial charge in [0.15, 0.2) is 0 Å². The van der Waals surface area contributed by atoms with Gasteiger partial charge in [0.2, 0.25) is 0 Å². The molecule has 0 saturated heterocycles. The van der Waals surface area contributed by atoms with Crippen molar-refractivity contribution >= 4 is 11.6 Å². The smallest absolute Gasteiger partial charge is 0.134 e. The van der Waals surface area contributed by atoms with Gasteiger partial charge in [-0.15, -0.1) is 0 Å². The number of rotatable bonds is 6. The Kier molecular flexibility index (Phi) is 5.62.